The first-order valence-electron chi connectivity index (χ1n) is 8.41. The number of aliphatic carboxylic acids is 1. The van der Waals surface area contributed by atoms with Gasteiger partial charge in [0, 0.05) is 17.3 Å². The molecule has 0 bridgehead atoms. The normalized spacial score (nSPS) is 10.6. The van der Waals surface area contributed by atoms with E-state index >= 15 is 0 Å². The van der Waals surface area contributed by atoms with Crippen LogP contribution in [0, 0.1) is 0 Å². The van der Waals surface area contributed by atoms with Crippen LogP contribution in [0.5, 0.6) is 5.75 Å². The highest BCUT2D eigenvalue weighted by Gasteiger charge is 2.06. The third kappa shape index (κ3) is 3.98. The maximum Gasteiger partial charge on any atom is 0.341 e. The molecule has 2 heterocycles. The van der Waals surface area contributed by atoms with E-state index in [0.717, 1.165) is 22.3 Å². The van der Waals surface area contributed by atoms with Crippen molar-refractivity contribution >= 4 is 40.0 Å². The number of H-pyrrole nitrogens is 1. The third-order valence-corrected chi connectivity index (χ3v) is 3.88. The van der Waals surface area contributed by atoms with Crippen molar-refractivity contribution < 1.29 is 14.6 Å². The average molecular weight is 376 g/mol. The quantitative estimate of drug-likeness (QED) is 0.387. The van der Waals surface area contributed by atoms with Gasteiger partial charge < -0.3 is 20.5 Å². The summed E-state index contributed by atoms with van der Waals surface area (Å²) in [6, 6.07) is 14.5. The van der Waals surface area contributed by atoms with Crippen LogP contribution in [0.1, 0.15) is 0 Å². The number of aromatic nitrogens is 4. The molecule has 28 heavy (non-hydrogen) atoms. The molecule has 0 aliphatic heterocycles. The van der Waals surface area contributed by atoms with Crippen LogP contribution in [0.3, 0.4) is 0 Å². The number of nitrogens with one attached hydrogen (secondary N) is 3. The molecule has 4 aromatic rings. The summed E-state index contributed by atoms with van der Waals surface area (Å²) in [5.74, 6) is 0.500. The lowest BCUT2D eigenvalue weighted by atomic mass is 10.2. The summed E-state index contributed by atoms with van der Waals surface area (Å²) in [7, 11) is 0. The lowest BCUT2D eigenvalue weighted by Gasteiger charge is -2.10. The summed E-state index contributed by atoms with van der Waals surface area (Å²) in [4.78, 5) is 19.2. The second-order valence-corrected chi connectivity index (χ2v) is 5.86. The molecule has 2 aromatic carbocycles. The minimum atomic E-state index is -1.02. The largest absolute Gasteiger partial charge is 0.482 e. The average Bonchev–Trinajstić information content (AvgIpc) is 3.18. The van der Waals surface area contributed by atoms with E-state index in [2.05, 4.69) is 30.8 Å². The summed E-state index contributed by atoms with van der Waals surface area (Å²) in [6.07, 6.45) is 3.41. The topological polar surface area (TPSA) is 125 Å². The zero-order valence-corrected chi connectivity index (χ0v) is 14.6. The van der Waals surface area contributed by atoms with Gasteiger partial charge in [-0.05, 0) is 42.5 Å². The molecule has 0 amide bonds. The number of aromatic amines is 1. The van der Waals surface area contributed by atoms with E-state index < -0.39 is 5.97 Å². The van der Waals surface area contributed by atoms with Crippen molar-refractivity contribution in [1.82, 2.24) is 20.2 Å². The number of hydrogen-bond acceptors (Lipinski definition) is 7. The Bertz CT molecular complexity index is 1110. The van der Waals surface area contributed by atoms with Crippen LogP contribution in [0.4, 0.5) is 23.1 Å². The van der Waals surface area contributed by atoms with Gasteiger partial charge in [0.05, 0.1) is 17.4 Å². The van der Waals surface area contributed by atoms with Crippen molar-refractivity contribution in [2.45, 2.75) is 0 Å². The molecule has 0 aliphatic carbocycles. The Morgan fingerprint density at radius 2 is 1.96 bits per heavy atom. The fourth-order valence-corrected chi connectivity index (χ4v) is 2.61. The second-order valence-electron chi connectivity index (χ2n) is 5.86. The fourth-order valence-electron chi connectivity index (χ4n) is 2.61. The Hall–Kier alpha value is -4.14. The van der Waals surface area contributed by atoms with Gasteiger partial charge in [-0.2, -0.15) is 10.1 Å². The highest BCUT2D eigenvalue weighted by atomic mass is 16.5. The van der Waals surface area contributed by atoms with Gasteiger partial charge in [0.15, 0.2) is 6.61 Å². The van der Waals surface area contributed by atoms with E-state index in [1.165, 1.54) is 0 Å². The lowest BCUT2D eigenvalue weighted by Crippen LogP contribution is -2.09. The molecular weight excluding hydrogens is 360 g/mol. The summed E-state index contributed by atoms with van der Waals surface area (Å²) in [6.45, 7) is -0.382. The summed E-state index contributed by atoms with van der Waals surface area (Å²) in [5, 5.41) is 23.0. The van der Waals surface area contributed by atoms with Gasteiger partial charge in [0.2, 0.25) is 5.95 Å². The SMILES string of the molecule is O=C(O)COc1ccc(Nc2nccc(Nc3cccc4[nH]ncc34)n2)cc1. The summed E-state index contributed by atoms with van der Waals surface area (Å²) < 4.78 is 5.11. The minimum absolute atomic E-state index is 0.382. The molecular formula is C19H16N6O3. The number of hydrogen-bond donors (Lipinski definition) is 4. The van der Waals surface area contributed by atoms with Crippen LogP contribution in [0.25, 0.3) is 10.9 Å². The minimum Gasteiger partial charge on any atom is -0.482 e. The first-order chi connectivity index (χ1) is 13.7. The van der Waals surface area contributed by atoms with E-state index in [9.17, 15) is 4.79 Å². The highest BCUT2D eigenvalue weighted by molar-refractivity contribution is 5.92. The maximum absolute atomic E-state index is 10.5. The van der Waals surface area contributed by atoms with Crippen molar-refractivity contribution in [3.8, 4) is 5.75 Å². The van der Waals surface area contributed by atoms with Gasteiger partial charge in [-0.15, -0.1) is 0 Å². The Labute approximate surface area is 159 Å². The zero-order valence-electron chi connectivity index (χ0n) is 14.6. The first-order valence-corrected chi connectivity index (χ1v) is 8.41. The number of ether oxygens (including phenoxy) is 1. The molecule has 0 unspecified atom stereocenters. The van der Waals surface area contributed by atoms with Crippen molar-refractivity contribution in [3.05, 3.63) is 60.9 Å². The van der Waals surface area contributed by atoms with Crippen LogP contribution < -0.4 is 15.4 Å². The van der Waals surface area contributed by atoms with Crippen molar-refractivity contribution in [2.75, 3.05) is 17.2 Å². The molecule has 0 saturated carbocycles. The van der Waals surface area contributed by atoms with Crippen molar-refractivity contribution in [1.29, 1.82) is 0 Å². The van der Waals surface area contributed by atoms with Crippen LogP contribution in [-0.4, -0.2) is 37.8 Å². The number of benzene rings is 2. The zero-order chi connectivity index (χ0) is 19.3. The molecule has 4 rings (SSSR count). The molecule has 0 atom stereocenters. The van der Waals surface area contributed by atoms with Gasteiger partial charge in [0.1, 0.15) is 11.6 Å². The predicted octanol–water partition coefficient (Wildman–Crippen LogP) is 3.30. The van der Waals surface area contributed by atoms with Gasteiger partial charge in [-0.25, -0.2) is 9.78 Å². The lowest BCUT2D eigenvalue weighted by molar-refractivity contribution is -0.139. The van der Waals surface area contributed by atoms with Crippen LogP contribution >= 0.6 is 0 Å². The van der Waals surface area contributed by atoms with E-state index in [-0.39, 0.29) is 6.61 Å². The number of nitrogens with zero attached hydrogens (tertiary/aromatic N) is 3. The van der Waals surface area contributed by atoms with E-state index in [1.807, 2.05) is 18.2 Å². The van der Waals surface area contributed by atoms with Gasteiger partial charge in [-0.3, -0.25) is 5.10 Å². The third-order valence-electron chi connectivity index (χ3n) is 3.88. The number of carbonyl (C=O) groups is 1. The van der Waals surface area contributed by atoms with Gasteiger partial charge in [-0.1, -0.05) is 6.07 Å². The maximum atomic E-state index is 10.5. The van der Waals surface area contributed by atoms with Crippen LogP contribution in [-0.2, 0) is 4.79 Å². The number of anilines is 4. The Morgan fingerprint density at radius 1 is 1.11 bits per heavy atom. The summed E-state index contributed by atoms with van der Waals surface area (Å²) >= 11 is 0. The molecule has 0 fully saturated rings. The van der Waals surface area contributed by atoms with Gasteiger partial charge in [0.25, 0.3) is 0 Å². The van der Waals surface area contributed by atoms with E-state index in [4.69, 9.17) is 9.84 Å². The summed E-state index contributed by atoms with van der Waals surface area (Å²) in [5.41, 5.74) is 2.57. The standard InChI is InChI=1S/C19H16N6O3/c26-18(27)11-28-13-6-4-12(5-7-13)22-19-20-9-8-17(24-19)23-15-2-1-3-16-14(15)10-21-25-16/h1-10H,11H2,(H,21,25)(H,26,27)(H2,20,22,23,24). The number of carboxylic acid groups (broad SMARTS) is 1. The molecule has 0 aliphatic rings. The monoisotopic (exact) mass is 376 g/mol. The van der Waals surface area contributed by atoms with Crippen LogP contribution in [0.15, 0.2) is 60.9 Å². The van der Waals surface area contributed by atoms with Crippen molar-refractivity contribution in [2.24, 2.45) is 0 Å². The molecule has 0 radical (unpaired) electrons. The Morgan fingerprint density at radius 3 is 2.79 bits per heavy atom. The molecule has 0 saturated heterocycles. The van der Waals surface area contributed by atoms with E-state index in [1.54, 1.807) is 42.7 Å². The molecule has 9 heteroatoms. The smallest absolute Gasteiger partial charge is 0.341 e. The molecule has 140 valence electrons. The van der Waals surface area contributed by atoms with Gasteiger partial charge >= 0.3 is 5.97 Å². The molecule has 2 aromatic heterocycles. The number of rotatable bonds is 7. The van der Waals surface area contributed by atoms with Crippen molar-refractivity contribution in [3.63, 3.8) is 0 Å². The number of carboxylic acids is 1. The Balaban J connectivity index is 1.46. The first kappa shape index (κ1) is 17.3. The van der Waals surface area contributed by atoms with Crippen LogP contribution in [0.2, 0.25) is 0 Å². The predicted molar refractivity (Wildman–Crippen MR) is 104 cm³/mol. The fraction of sp³-hybridized carbons (Fsp3) is 0.0526. The Kier molecular flexibility index (Phi) is 4.70. The number of fused-ring (bicyclic) bond motifs is 1. The van der Waals surface area contributed by atoms with E-state index in [0.29, 0.717) is 17.5 Å². The molecule has 4 N–H and O–H groups in total. The second kappa shape index (κ2) is 7.62. The highest BCUT2D eigenvalue weighted by Crippen LogP contribution is 2.25. The molecule has 0 spiro atoms. The molecule has 9 nitrogen and oxygen atoms in total.